The molecule has 260 valence electrons. The van der Waals surface area contributed by atoms with Gasteiger partial charge < -0.3 is 34.1 Å². The van der Waals surface area contributed by atoms with Gasteiger partial charge >= 0.3 is 17.8 Å². The Morgan fingerprint density at radius 1 is 0.898 bits per heavy atom. The molecule has 3 aromatic carbocycles. The summed E-state index contributed by atoms with van der Waals surface area (Å²) in [7, 11) is 3.09. The number of rotatable bonds is 13. The van der Waals surface area contributed by atoms with Crippen LogP contribution in [0.25, 0.3) is 0 Å². The van der Waals surface area contributed by atoms with Gasteiger partial charge in [0.1, 0.15) is 35.4 Å². The van der Waals surface area contributed by atoms with Crippen LogP contribution in [0.4, 0.5) is 13.2 Å². The van der Waals surface area contributed by atoms with Crippen LogP contribution in [0.5, 0.6) is 11.5 Å². The normalized spacial score (nSPS) is 19.4. The quantitative estimate of drug-likeness (QED) is 0.143. The lowest BCUT2D eigenvalue weighted by Gasteiger charge is -2.37. The monoisotopic (exact) mass is 685 g/mol. The molecule has 12 nitrogen and oxygen atoms in total. The van der Waals surface area contributed by atoms with Crippen LogP contribution in [0.2, 0.25) is 0 Å². The van der Waals surface area contributed by atoms with Crippen molar-refractivity contribution in [3.05, 3.63) is 129 Å². The minimum Gasteiger partial charge on any atom is -0.497 e. The number of ether oxygens (including phenoxy) is 5. The second-order valence-corrected chi connectivity index (χ2v) is 11.0. The summed E-state index contributed by atoms with van der Waals surface area (Å²) in [5.41, 5.74) is -0.746. The van der Waals surface area contributed by atoms with Gasteiger partial charge in [0.2, 0.25) is 0 Å². The van der Waals surface area contributed by atoms with Gasteiger partial charge in [-0.25, -0.2) is 4.79 Å². The minimum atomic E-state index is -5.09. The van der Waals surface area contributed by atoms with E-state index in [0.717, 1.165) is 22.4 Å². The highest BCUT2D eigenvalue weighted by Crippen LogP contribution is 2.43. The van der Waals surface area contributed by atoms with Crippen LogP contribution in [0.3, 0.4) is 0 Å². The van der Waals surface area contributed by atoms with Gasteiger partial charge in [-0.05, 0) is 41.0 Å². The molecule has 5 rings (SSSR count). The molecule has 0 saturated carbocycles. The summed E-state index contributed by atoms with van der Waals surface area (Å²) in [5, 5.41) is 13.2. The first-order valence-electron chi connectivity index (χ1n) is 15.1. The van der Waals surface area contributed by atoms with Crippen molar-refractivity contribution < 1.29 is 46.8 Å². The highest BCUT2D eigenvalue weighted by Gasteiger charge is 2.48. The van der Waals surface area contributed by atoms with Gasteiger partial charge in [0.15, 0.2) is 6.23 Å². The number of nitrogens with one attached hydrogen (secondary N) is 2. The van der Waals surface area contributed by atoms with Crippen molar-refractivity contribution in [1.82, 2.24) is 14.9 Å². The number of carbonyl (C=O) groups is 1. The number of methoxy groups -OCH3 is 2. The number of benzene rings is 3. The average Bonchev–Trinajstić information content (AvgIpc) is 3.41. The SMILES string of the molecule is COc1ccc(C(OC[C@H]2O[C@@H](n3ccc(=O)[nH]c3=O)[C@H](OCCNC(=O)C(F)(F)F)[C@@H]2O)(c2ccccc2)c2ccc(OC)cc2)cc1. The predicted molar refractivity (Wildman–Crippen MR) is 168 cm³/mol. The Morgan fingerprint density at radius 2 is 1.47 bits per heavy atom. The third kappa shape index (κ3) is 7.70. The number of carbonyl (C=O) groups excluding carboxylic acids is 1. The zero-order valence-corrected chi connectivity index (χ0v) is 26.4. The fraction of sp³-hybridized carbons (Fsp3) is 0.324. The molecule has 0 aliphatic carbocycles. The Bertz CT molecular complexity index is 1770. The molecule has 0 unspecified atom stereocenters. The summed E-state index contributed by atoms with van der Waals surface area (Å²) < 4.78 is 68.4. The lowest BCUT2D eigenvalue weighted by atomic mass is 9.80. The number of alkyl halides is 3. The third-order valence-corrected chi connectivity index (χ3v) is 8.03. The van der Waals surface area contributed by atoms with Crippen LogP contribution < -0.4 is 26.0 Å². The number of aromatic nitrogens is 2. The van der Waals surface area contributed by atoms with E-state index in [-0.39, 0.29) is 6.61 Å². The fourth-order valence-electron chi connectivity index (χ4n) is 5.63. The number of aliphatic hydroxyl groups excluding tert-OH is 1. The molecule has 1 fully saturated rings. The van der Waals surface area contributed by atoms with Crippen LogP contribution in [0.15, 0.2) is 101 Å². The van der Waals surface area contributed by atoms with Crippen LogP contribution in [0, 0.1) is 0 Å². The summed E-state index contributed by atoms with van der Waals surface area (Å²) in [5.74, 6) is -0.945. The van der Waals surface area contributed by atoms with Crippen LogP contribution in [0.1, 0.15) is 22.9 Å². The molecule has 4 atom stereocenters. The Hall–Kier alpha value is -4.96. The van der Waals surface area contributed by atoms with Crippen molar-refractivity contribution in [2.75, 3.05) is 34.0 Å². The molecule has 4 aromatic rings. The smallest absolute Gasteiger partial charge is 0.471 e. The Balaban J connectivity index is 1.50. The number of nitrogens with zero attached hydrogens (tertiary/aromatic N) is 1. The Morgan fingerprint density at radius 3 is 2.00 bits per heavy atom. The first-order valence-corrected chi connectivity index (χ1v) is 15.1. The molecule has 1 saturated heterocycles. The zero-order chi connectivity index (χ0) is 35.2. The molecule has 3 N–H and O–H groups in total. The lowest BCUT2D eigenvalue weighted by Crippen LogP contribution is -2.43. The lowest BCUT2D eigenvalue weighted by molar-refractivity contribution is -0.174. The third-order valence-electron chi connectivity index (χ3n) is 8.03. The summed E-state index contributed by atoms with van der Waals surface area (Å²) in [6, 6.07) is 24.8. The summed E-state index contributed by atoms with van der Waals surface area (Å²) >= 11 is 0. The topological polar surface area (TPSA) is 150 Å². The number of aliphatic hydroxyl groups is 1. The predicted octanol–water partition coefficient (Wildman–Crippen LogP) is 2.88. The van der Waals surface area contributed by atoms with Crippen molar-refractivity contribution in [3.8, 4) is 11.5 Å². The van der Waals surface area contributed by atoms with Gasteiger partial charge in [-0.15, -0.1) is 0 Å². The molecule has 49 heavy (non-hydrogen) atoms. The van der Waals surface area contributed by atoms with Gasteiger partial charge in [-0.2, -0.15) is 13.2 Å². The standard InChI is InChI=1S/C34H34F3N3O9/c1-45-24-12-8-22(9-13-24)33(21-6-4-3-5-7-21,23-10-14-25(46-2)15-11-23)48-20-26-28(42)29(47-19-17-38-31(43)34(35,36)37)30(49-26)40-18-16-27(41)39-32(40)44/h3-16,18,26,28-30,42H,17,19-20H2,1-2H3,(H,38,43)(H,39,41,44)/t26-,28-,29-,30-/m1/s1. The van der Waals surface area contributed by atoms with E-state index in [2.05, 4.69) is 4.98 Å². The zero-order valence-electron chi connectivity index (χ0n) is 26.4. The van der Waals surface area contributed by atoms with E-state index in [1.165, 1.54) is 0 Å². The molecular weight excluding hydrogens is 651 g/mol. The average molecular weight is 686 g/mol. The van der Waals surface area contributed by atoms with Gasteiger partial charge in [0, 0.05) is 18.8 Å². The summed E-state index contributed by atoms with van der Waals surface area (Å²) in [4.78, 5) is 37.9. The van der Waals surface area contributed by atoms with E-state index in [1.807, 2.05) is 54.6 Å². The van der Waals surface area contributed by atoms with E-state index in [1.54, 1.807) is 43.8 Å². The Kier molecular flexibility index (Phi) is 10.9. The molecule has 1 aliphatic heterocycles. The second-order valence-electron chi connectivity index (χ2n) is 11.0. The minimum absolute atomic E-state index is 0.284. The molecular formula is C34H34F3N3O9. The first kappa shape index (κ1) is 35.3. The molecule has 0 spiro atoms. The van der Waals surface area contributed by atoms with Crippen molar-refractivity contribution in [1.29, 1.82) is 0 Å². The number of amides is 1. The van der Waals surface area contributed by atoms with Gasteiger partial charge in [0.05, 0.1) is 27.4 Å². The molecule has 1 amide bonds. The molecule has 2 heterocycles. The van der Waals surface area contributed by atoms with E-state index in [0.29, 0.717) is 22.6 Å². The first-order chi connectivity index (χ1) is 23.5. The summed E-state index contributed by atoms with van der Waals surface area (Å²) in [6.45, 7) is -1.31. The van der Waals surface area contributed by atoms with Crippen molar-refractivity contribution in [3.63, 3.8) is 0 Å². The van der Waals surface area contributed by atoms with Crippen LogP contribution >= 0.6 is 0 Å². The number of hydrogen-bond acceptors (Lipinski definition) is 9. The van der Waals surface area contributed by atoms with E-state index in [9.17, 15) is 32.7 Å². The Labute approximate surface area is 278 Å². The molecule has 1 aliphatic rings. The van der Waals surface area contributed by atoms with Crippen molar-refractivity contribution in [2.45, 2.75) is 36.3 Å². The van der Waals surface area contributed by atoms with Crippen LogP contribution in [-0.4, -0.2) is 79.0 Å². The molecule has 0 radical (unpaired) electrons. The van der Waals surface area contributed by atoms with Gasteiger partial charge in [0.25, 0.3) is 5.56 Å². The van der Waals surface area contributed by atoms with E-state index < -0.39 is 66.6 Å². The number of hydrogen-bond donors (Lipinski definition) is 3. The van der Waals surface area contributed by atoms with Crippen molar-refractivity contribution >= 4 is 5.91 Å². The molecule has 0 bridgehead atoms. The fourth-order valence-corrected chi connectivity index (χ4v) is 5.63. The highest BCUT2D eigenvalue weighted by molar-refractivity contribution is 5.81. The maximum absolute atomic E-state index is 12.7. The number of H-pyrrole nitrogens is 1. The van der Waals surface area contributed by atoms with Crippen molar-refractivity contribution in [2.24, 2.45) is 0 Å². The van der Waals surface area contributed by atoms with E-state index >= 15 is 0 Å². The maximum Gasteiger partial charge on any atom is 0.471 e. The van der Waals surface area contributed by atoms with Gasteiger partial charge in [-0.1, -0.05) is 54.6 Å². The summed E-state index contributed by atoms with van der Waals surface area (Å²) in [6.07, 6.45) is -9.25. The van der Waals surface area contributed by atoms with E-state index in [4.69, 9.17) is 23.7 Å². The number of aromatic amines is 1. The van der Waals surface area contributed by atoms with Crippen LogP contribution in [-0.2, 0) is 24.6 Å². The maximum atomic E-state index is 12.7. The molecule has 1 aromatic heterocycles. The highest BCUT2D eigenvalue weighted by atomic mass is 19.4. The molecule has 15 heteroatoms. The number of halogens is 3. The second kappa shape index (κ2) is 15.1. The van der Waals surface area contributed by atoms with Gasteiger partial charge in [-0.3, -0.25) is 19.1 Å². The largest absolute Gasteiger partial charge is 0.497 e.